The monoisotopic (exact) mass is 481 g/mol. The number of carbonyl (C=O) groups excluding carboxylic acids is 3. The zero-order valence-corrected chi connectivity index (χ0v) is 20.2. The van der Waals surface area contributed by atoms with Crippen LogP contribution in [0.25, 0.3) is 0 Å². The summed E-state index contributed by atoms with van der Waals surface area (Å²) >= 11 is 0. The lowest BCUT2D eigenvalue weighted by atomic mass is 9.95. The lowest BCUT2D eigenvalue weighted by Gasteiger charge is -2.43. The Morgan fingerprint density at radius 1 is 0.935 bits per heavy atom. The molecule has 31 heavy (non-hydrogen) atoms. The topological polar surface area (TPSA) is 85.4 Å². The number of nitrogens with one attached hydrogen (secondary N) is 1. The van der Waals surface area contributed by atoms with E-state index < -0.39 is 5.97 Å². The molecule has 3 aliphatic heterocycles. The first-order valence-corrected chi connectivity index (χ1v) is 10.8. The van der Waals surface area contributed by atoms with E-state index in [4.69, 9.17) is 0 Å². The van der Waals surface area contributed by atoms with E-state index in [0.717, 1.165) is 39.3 Å². The summed E-state index contributed by atoms with van der Waals surface area (Å²) in [5.74, 6) is -0.375. The molecule has 3 aliphatic rings. The van der Waals surface area contributed by atoms with Crippen LogP contribution in [0.1, 0.15) is 32.6 Å². The van der Waals surface area contributed by atoms with Gasteiger partial charge in [0.1, 0.15) is 6.54 Å². The van der Waals surface area contributed by atoms with Gasteiger partial charge in [-0.05, 0) is 38.8 Å². The van der Waals surface area contributed by atoms with Gasteiger partial charge in [0, 0.05) is 58.2 Å². The van der Waals surface area contributed by atoms with Crippen LogP contribution in [0.5, 0.6) is 0 Å². The van der Waals surface area contributed by atoms with Crippen molar-refractivity contribution in [3.63, 3.8) is 0 Å². The van der Waals surface area contributed by atoms with E-state index in [2.05, 4.69) is 15.0 Å². The lowest BCUT2D eigenvalue weighted by molar-refractivity contribution is -0.163. The Balaban J connectivity index is 0.00000240. The number of carbonyl (C=O) groups is 3. The number of piperidine rings is 2. The maximum absolute atomic E-state index is 13.0. The molecule has 0 aromatic rings. The standard InChI is InChI=1S/C20H35N5O4.2ClH/c1-16(26)25(15-19(27)29-2)24-9-5-17(6-10-24)20(28)23-13-11-22(12-14-23)18-3-7-21-8-4-18;;/h17-18,21H,3-15H2,1-2H3;2*1H. The third kappa shape index (κ3) is 7.46. The van der Waals surface area contributed by atoms with E-state index in [1.165, 1.54) is 31.9 Å². The molecule has 3 saturated heterocycles. The molecule has 11 heteroatoms. The summed E-state index contributed by atoms with van der Waals surface area (Å²) in [4.78, 5) is 41.1. The summed E-state index contributed by atoms with van der Waals surface area (Å²) in [5.41, 5.74) is 0. The van der Waals surface area contributed by atoms with Crippen LogP contribution in [0.2, 0.25) is 0 Å². The summed E-state index contributed by atoms with van der Waals surface area (Å²) in [6.45, 7) is 8.30. The predicted molar refractivity (Wildman–Crippen MR) is 122 cm³/mol. The largest absolute Gasteiger partial charge is 0.468 e. The summed E-state index contributed by atoms with van der Waals surface area (Å²) < 4.78 is 4.69. The third-order valence-corrected chi connectivity index (χ3v) is 6.48. The number of nitrogens with zero attached hydrogens (tertiary/aromatic N) is 4. The molecule has 0 aliphatic carbocycles. The normalized spacial score (nSPS) is 21.5. The number of hydrogen-bond donors (Lipinski definition) is 1. The van der Waals surface area contributed by atoms with Gasteiger partial charge in [0.05, 0.1) is 7.11 Å². The van der Waals surface area contributed by atoms with Crippen molar-refractivity contribution in [2.45, 2.75) is 38.6 Å². The molecule has 0 saturated carbocycles. The number of halogens is 2. The SMILES string of the molecule is COC(=O)CN(C(C)=O)N1CCC(C(=O)N2CCN(C3CCNCC3)CC2)CC1.Cl.Cl. The number of hydrazine groups is 1. The number of amides is 2. The van der Waals surface area contributed by atoms with Crippen LogP contribution >= 0.6 is 24.8 Å². The van der Waals surface area contributed by atoms with E-state index in [1.54, 1.807) is 0 Å². The van der Waals surface area contributed by atoms with Crippen molar-refractivity contribution in [1.29, 1.82) is 0 Å². The van der Waals surface area contributed by atoms with Crippen LogP contribution in [0.4, 0.5) is 0 Å². The molecular weight excluding hydrogens is 445 g/mol. The number of ether oxygens (including phenoxy) is 1. The summed E-state index contributed by atoms with van der Waals surface area (Å²) in [6, 6.07) is 0.657. The average molecular weight is 482 g/mol. The molecule has 1 N–H and O–H groups in total. The van der Waals surface area contributed by atoms with Crippen LogP contribution in [-0.4, -0.2) is 110 Å². The first-order chi connectivity index (χ1) is 14.0. The summed E-state index contributed by atoms with van der Waals surface area (Å²) in [7, 11) is 1.32. The highest BCUT2D eigenvalue weighted by Crippen LogP contribution is 2.23. The van der Waals surface area contributed by atoms with Crippen molar-refractivity contribution < 1.29 is 19.1 Å². The summed E-state index contributed by atoms with van der Waals surface area (Å²) in [6.07, 6.45) is 3.81. The molecular formula is C20H37Cl2N5O4. The Bertz CT molecular complexity index is 590. The van der Waals surface area contributed by atoms with Crippen LogP contribution < -0.4 is 5.32 Å². The van der Waals surface area contributed by atoms with Gasteiger partial charge in [0.15, 0.2) is 0 Å². The molecule has 3 fully saturated rings. The van der Waals surface area contributed by atoms with Gasteiger partial charge in [-0.3, -0.25) is 24.3 Å². The van der Waals surface area contributed by atoms with Crippen LogP contribution in [0.3, 0.4) is 0 Å². The summed E-state index contributed by atoms with van der Waals surface area (Å²) in [5, 5.41) is 6.72. The average Bonchev–Trinajstić information content (AvgIpc) is 2.77. The molecule has 180 valence electrons. The van der Waals surface area contributed by atoms with E-state index >= 15 is 0 Å². The van der Waals surface area contributed by atoms with Crippen LogP contribution in [0, 0.1) is 5.92 Å². The second kappa shape index (κ2) is 13.4. The van der Waals surface area contributed by atoms with E-state index in [1.807, 2.05) is 9.91 Å². The maximum atomic E-state index is 13.0. The molecule has 0 aromatic heterocycles. The molecule has 0 spiro atoms. The second-order valence-corrected chi connectivity index (χ2v) is 8.22. The van der Waals surface area contributed by atoms with Crippen molar-refractivity contribution >= 4 is 42.6 Å². The van der Waals surface area contributed by atoms with Gasteiger partial charge in [-0.15, -0.1) is 24.8 Å². The number of esters is 1. The van der Waals surface area contributed by atoms with Gasteiger partial charge in [0.2, 0.25) is 11.8 Å². The number of methoxy groups -OCH3 is 1. The highest BCUT2D eigenvalue weighted by atomic mass is 35.5. The lowest BCUT2D eigenvalue weighted by Crippen LogP contribution is -2.56. The highest BCUT2D eigenvalue weighted by molar-refractivity contribution is 5.85. The number of rotatable bonds is 5. The zero-order valence-electron chi connectivity index (χ0n) is 18.6. The van der Waals surface area contributed by atoms with Gasteiger partial charge in [0.25, 0.3) is 0 Å². The van der Waals surface area contributed by atoms with Crippen molar-refractivity contribution in [2.24, 2.45) is 5.92 Å². The van der Waals surface area contributed by atoms with Crippen molar-refractivity contribution in [2.75, 3.05) is 66.0 Å². The third-order valence-electron chi connectivity index (χ3n) is 6.48. The minimum Gasteiger partial charge on any atom is -0.468 e. The molecule has 2 amide bonds. The van der Waals surface area contributed by atoms with Gasteiger partial charge in [-0.25, -0.2) is 5.01 Å². The smallest absolute Gasteiger partial charge is 0.327 e. The predicted octanol–water partition coefficient (Wildman–Crippen LogP) is 0.375. The Morgan fingerprint density at radius 2 is 1.52 bits per heavy atom. The number of piperazine rings is 1. The van der Waals surface area contributed by atoms with Gasteiger partial charge < -0.3 is 15.0 Å². The number of hydrogen-bond acceptors (Lipinski definition) is 7. The Kier molecular flexibility index (Phi) is 12.1. The molecule has 0 aromatic carbocycles. The van der Waals surface area contributed by atoms with Crippen LogP contribution in [-0.2, 0) is 19.1 Å². The Hall–Kier alpha value is -1.13. The first-order valence-electron chi connectivity index (χ1n) is 10.8. The molecule has 0 radical (unpaired) electrons. The molecule has 0 atom stereocenters. The Labute approximate surface area is 197 Å². The molecule has 0 bridgehead atoms. The fourth-order valence-corrected chi connectivity index (χ4v) is 4.69. The Morgan fingerprint density at radius 3 is 2.03 bits per heavy atom. The minimum absolute atomic E-state index is 0. The maximum Gasteiger partial charge on any atom is 0.327 e. The second-order valence-electron chi connectivity index (χ2n) is 8.22. The van der Waals surface area contributed by atoms with Crippen molar-refractivity contribution in [1.82, 2.24) is 25.1 Å². The fourth-order valence-electron chi connectivity index (χ4n) is 4.69. The van der Waals surface area contributed by atoms with E-state index in [9.17, 15) is 14.4 Å². The van der Waals surface area contributed by atoms with E-state index in [-0.39, 0.29) is 49.1 Å². The van der Waals surface area contributed by atoms with E-state index in [0.29, 0.717) is 32.0 Å². The molecule has 3 heterocycles. The molecule has 3 rings (SSSR count). The van der Waals surface area contributed by atoms with Crippen molar-refractivity contribution in [3.05, 3.63) is 0 Å². The quantitative estimate of drug-likeness (QED) is 0.567. The van der Waals surface area contributed by atoms with Gasteiger partial charge in [-0.1, -0.05) is 0 Å². The molecule has 9 nitrogen and oxygen atoms in total. The minimum atomic E-state index is -0.440. The first kappa shape index (κ1) is 27.9. The zero-order chi connectivity index (χ0) is 20.8. The van der Waals surface area contributed by atoms with Crippen molar-refractivity contribution in [3.8, 4) is 0 Å². The fraction of sp³-hybridized carbons (Fsp3) is 0.850. The highest BCUT2D eigenvalue weighted by Gasteiger charge is 2.34. The van der Waals surface area contributed by atoms with Crippen LogP contribution in [0.15, 0.2) is 0 Å². The van der Waals surface area contributed by atoms with Gasteiger partial charge in [-0.2, -0.15) is 0 Å². The molecule has 0 unspecified atom stereocenters. The van der Waals surface area contributed by atoms with Gasteiger partial charge >= 0.3 is 5.97 Å².